The van der Waals surface area contributed by atoms with Crippen molar-refractivity contribution in [3.63, 3.8) is 0 Å². The summed E-state index contributed by atoms with van der Waals surface area (Å²) >= 11 is 0. The zero-order valence-electron chi connectivity index (χ0n) is 16.3. The summed E-state index contributed by atoms with van der Waals surface area (Å²) in [5, 5.41) is 0. The van der Waals surface area contributed by atoms with Crippen LogP contribution in [0.5, 0.6) is 5.75 Å². The van der Waals surface area contributed by atoms with Crippen LogP contribution in [0.4, 0.5) is 5.69 Å². The van der Waals surface area contributed by atoms with Crippen molar-refractivity contribution < 1.29 is 14.3 Å². The fraction of sp³-hybridized carbons (Fsp3) is 0.524. The molecule has 0 N–H and O–H groups in total. The summed E-state index contributed by atoms with van der Waals surface area (Å²) < 4.78 is 13.1. The predicted octanol–water partition coefficient (Wildman–Crippen LogP) is 3.62. The molecule has 1 atom stereocenters. The van der Waals surface area contributed by atoms with Crippen molar-refractivity contribution in [2.75, 3.05) is 31.2 Å². The van der Waals surface area contributed by atoms with E-state index in [1.54, 1.807) is 6.20 Å². The maximum Gasteiger partial charge on any atom is 0.325 e. The van der Waals surface area contributed by atoms with Crippen molar-refractivity contribution in [2.45, 2.75) is 45.6 Å². The van der Waals surface area contributed by atoms with Crippen LogP contribution in [0.2, 0.25) is 0 Å². The van der Waals surface area contributed by atoms with Gasteiger partial charge in [0, 0.05) is 37.1 Å². The summed E-state index contributed by atoms with van der Waals surface area (Å²) in [6.45, 7) is 7.16. The van der Waals surface area contributed by atoms with Crippen molar-refractivity contribution in [2.24, 2.45) is 0 Å². The van der Waals surface area contributed by atoms with Crippen LogP contribution in [-0.2, 0) is 16.1 Å². The molecule has 1 aliphatic heterocycles. The Hall–Kier alpha value is -2.50. The van der Waals surface area contributed by atoms with E-state index in [2.05, 4.69) is 33.5 Å². The van der Waals surface area contributed by atoms with Gasteiger partial charge in [0.2, 0.25) is 0 Å². The topological polar surface area (TPSA) is 56.6 Å². The lowest BCUT2D eigenvalue weighted by Crippen LogP contribution is -2.30. The van der Waals surface area contributed by atoms with E-state index in [1.165, 1.54) is 5.56 Å². The maximum atomic E-state index is 12.0. The van der Waals surface area contributed by atoms with Crippen molar-refractivity contribution in [1.29, 1.82) is 0 Å². The van der Waals surface area contributed by atoms with Crippen LogP contribution >= 0.6 is 0 Å². The summed E-state index contributed by atoms with van der Waals surface area (Å²) in [7, 11) is 0. The fourth-order valence-electron chi connectivity index (χ4n) is 3.52. The van der Waals surface area contributed by atoms with E-state index < -0.39 is 0 Å². The first-order valence-corrected chi connectivity index (χ1v) is 9.84. The number of benzene rings is 1. The number of carbonyl (C=O) groups is 1. The van der Waals surface area contributed by atoms with Gasteiger partial charge in [0.1, 0.15) is 12.3 Å². The molecule has 0 aliphatic carbocycles. The lowest BCUT2D eigenvalue weighted by atomic mass is 9.97. The first kappa shape index (κ1) is 19.3. The minimum atomic E-state index is -0.179. The third-order valence-corrected chi connectivity index (χ3v) is 4.91. The first-order valence-electron chi connectivity index (χ1n) is 9.84. The molecular weight excluding hydrogens is 342 g/mol. The normalized spacial score (nSPS) is 15.6. The molecule has 27 heavy (non-hydrogen) atoms. The Bertz CT molecular complexity index is 730. The van der Waals surface area contributed by atoms with Crippen LogP contribution in [0.1, 0.15) is 44.6 Å². The second-order valence-corrected chi connectivity index (χ2v) is 6.89. The Kier molecular flexibility index (Phi) is 6.74. The van der Waals surface area contributed by atoms with Gasteiger partial charge in [0.15, 0.2) is 0 Å². The van der Waals surface area contributed by atoms with Crippen molar-refractivity contribution in [3.8, 4) is 5.75 Å². The van der Waals surface area contributed by atoms with Gasteiger partial charge in [-0.15, -0.1) is 0 Å². The lowest BCUT2D eigenvalue weighted by molar-refractivity contribution is -0.141. The molecule has 0 saturated carbocycles. The van der Waals surface area contributed by atoms with E-state index in [0.717, 1.165) is 50.4 Å². The monoisotopic (exact) mass is 371 g/mol. The second kappa shape index (κ2) is 9.44. The van der Waals surface area contributed by atoms with Crippen molar-refractivity contribution in [1.82, 2.24) is 9.55 Å². The number of carbonyl (C=O) groups excluding carboxylic acids is 1. The molecular formula is C21H29N3O3. The Labute approximate surface area is 161 Å². The van der Waals surface area contributed by atoms with Crippen molar-refractivity contribution >= 4 is 11.7 Å². The lowest BCUT2D eigenvalue weighted by Gasteiger charge is -2.19. The standard InChI is InChI=1S/C21H29N3O3/c1-3-5-12-27-18-6-7-20-19(13-18)17(8-10-23-11-9-22-16-23)14-24(20)15-21(25)26-4-2/h6-7,9,11,13,16-17H,3-5,8,10,12,14-15H2,1-2H3. The molecule has 0 spiro atoms. The van der Waals surface area contributed by atoms with Gasteiger partial charge in [-0.1, -0.05) is 13.3 Å². The quantitative estimate of drug-likeness (QED) is 0.472. The van der Waals surface area contributed by atoms with Gasteiger partial charge in [0.25, 0.3) is 0 Å². The van der Waals surface area contributed by atoms with Crippen LogP contribution in [-0.4, -0.2) is 41.8 Å². The minimum absolute atomic E-state index is 0.179. The van der Waals surface area contributed by atoms with Gasteiger partial charge >= 0.3 is 5.97 Å². The largest absolute Gasteiger partial charge is 0.494 e. The molecule has 6 heteroatoms. The van der Waals surface area contributed by atoms with E-state index in [4.69, 9.17) is 9.47 Å². The number of nitrogens with zero attached hydrogens (tertiary/aromatic N) is 3. The summed E-state index contributed by atoms with van der Waals surface area (Å²) in [6, 6.07) is 6.23. The molecule has 2 heterocycles. The van der Waals surface area contributed by atoms with Crippen LogP contribution in [0.3, 0.4) is 0 Å². The molecule has 146 valence electrons. The van der Waals surface area contributed by atoms with E-state index in [9.17, 15) is 4.79 Å². The highest BCUT2D eigenvalue weighted by Gasteiger charge is 2.30. The highest BCUT2D eigenvalue weighted by atomic mass is 16.5. The SMILES string of the molecule is CCCCOc1ccc2c(c1)C(CCn1ccnc1)CN2CC(=O)OCC. The molecule has 0 bridgehead atoms. The summed E-state index contributed by atoms with van der Waals surface area (Å²) in [5.74, 6) is 1.08. The molecule has 1 aliphatic rings. The molecule has 1 aromatic heterocycles. The van der Waals surface area contributed by atoms with Crippen LogP contribution < -0.4 is 9.64 Å². The van der Waals surface area contributed by atoms with Crippen LogP contribution in [0.15, 0.2) is 36.9 Å². The fourth-order valence-corrected chi connectivity index (χ4v) is 3.52. The Morgan fingerprint density at radius 2 is 2.22 bits per heavy atom. The minimum Gasteiger partial charge on any atom is -0.494 e. The molecule has 6 nitrogen and oxygen atoms in total. The molecule has 1 unspecified atom stereocenters. The Morgan fingerprint density at radius 3 is 2.96 bits per heavy atom. The predicted molar refractivity (Wildman–Crippen MR) is 105 cm³/mol. The Morgan fingerprint density at radius 1 is 1.33 bits per heavy atom. The zero-order valence-corrected chi connectivity index (χ0v) is 16.3. The van der Waals surface area contributed by atoms with Gasteiger partial charge in [-0.25, -0.2) is 4.98 Å². The van der Waals surface area contributed by atoms with Gasteiger partial charge in [-0.05, 0) is 43.5 Å². The molecule has 0 amide bonds. The van der Waals surface area contributed by atoms with Crippen LogP contribution in [0, 0.1) is 0 Å². The summed E-state index contributed by atoms with van der Waals surface area (Å²) in [5.41, 5.74) is 2.37. The third kappa shape index (κ3) is 5.02. The summed E-state index contributed by atoms with van der Waals surface area (Å²) in [6.07, 6.45) is 8.78. The summed E-state index contributed by atoms with van der Waals surface area (Å²) in [4.78, 5) is 18.2. The van der Waals surface area contributed by atoms with E-state index in [-0.39, 0.29) is 5.97 Å². The highest BCUT2D eigenvalue weighted by Crippen LogP contribution is 2.40. The number of ether oxygens (including phenoxy) is 2. The number of rotatable bonds is 10. The smallest absolute Gasteiger partial charge is 0.325 e. The maximum absolute atomic E-state index is 12.0. The Balaban J connectivity index is 1.74. The molecule has 0 saturated heterocycles. The molecule has 2 aromatic rings. The average Bonchev–Trinajstić information content (AvgIpc) is 3.29. The molecule has 0 radical (unpaired) electrons. The average molecular weight is 371 g/mol. The first-order chi connectivity index (χ1) is 13.2. The molecule has 0 fully saturated rings. The molecule has 1 aromatic carbocycles. The van der Waals surface area contributed by atoms with E-state index >= 15 is 0 Å². The number of hydrogen-bond donors (Lipinski definition) is 0. The van der Waals surface area contributed by atoms with Crippen LogP contribution in [0.25, 0.3) is 0 Å². The van der Waals surface area contributed by atoms with E-state index in [1.807, 2.05) is 25.5 Å². The second-order valence-electron chi connectivity index (χ2n) is 6.89. The number of anilines is 1. The van der Waals surface area contributed by atoms with Crippen molar-refractivity contribution in [3.05, 3.63) is 42.5 Å². The van der Waals surface area contributed by atoms with Gasteiger partial charge in [0.05, 0.1) is 19.5 Å². The third-order valence-electron chi connectivity index (χ3n) is 4.91. The van der Waals surface area contributed by atoms with Gasteiger partial charge in [-0.2, -0.15) is 0 Å². The van der Waals surface area contributed by atoms with E-state index in [0.29, 0.717) is 19.1 Å². The number of hydrogen-bond acceptors (Lipinski definition) is 5. The zero-order chi connectivity index (χ0) is 19.1. The number of fused-ring (bicyclic) bond motifs is 1. The number of aryl methyl sites for hydroxylation is 1. The van der Waals surface area contributed by atoms with Gasteiger partial charge < -0.3 is 18.9 Å². The number of aromatic nitrogens is 2. The number of esters is 1. The number of unbranched alkanes of at least 4 members (excludes halogenated alkanes) is 1. The number of imidazole rings is 1. The van der Waals surface area contributed by atoms with Gasteiger partial charge in [-0.3, -0.25) is 4.79 Å². The molecule has 3 rings (SSSR count). The highest BCUT2D eigenvalue weighted by molar-refractivity contribution is 5.78.